The maximum atomic E-state index is 10.9. The van der Waals surface area contributed by atoms with Gasteiger partial charge in [-0.15, -0.1) is 12.4 Å². The summed E-state index contributed by atoms with van der Waals surface area (Å²) in [6, 6.07) is 10.6. The van der Waals surface area contributed by atoms with Gasteiger partial charge in [-0.25, -0.2) is 0 Å². The highest BCUT2D eigenvalue weighted by Gasteiger charge is 2.12. The van der Waals surface area contributed by atoms with E-state index in [4.69, 9.17) is 21.1 Å². The summed E-state index contributed by atoms with van der Waals surface area (Å²) in [5.41, 5.74) is 1.86. The molecule has 8 heteroatoms. The zero-order valence-corrected chi connectivity index (χ0v) is 15.5. The molecule has 6 nitrogen and oxygen atoms in total. The highest BCUT2D eigenvalue weighted by Crippen LogP contribution is 2.27. The fourth-order valence-corrected chi connectivity index (χ4v) is 2.50. The quantitative estimate of drug-likeness (QED) is 0.421. The first-order chi connectivity index (χ1) is 11.5. The van der Waals surface area contributed by atoms with E-state index in [1.54, 1.807) is 26.4 Å². The Bertz CT molecular complexity index is 726. The number of hydrogen-bond donors (Lipinski definition) is 1. The van der Waals surface area contributed by atoms with E-state index in [9.17, 15) is 10.1 Å². The predicted molar refractivity (Wildman–Crippen MR) is 100 cm³/mol. The summed E-state index contributed by atoms with van der Waals surface area (Å²) in [5, 5.41) is 14.3. The lowest BCUT2D eigenvalue weighted by molar-refractivity contribution is -0.384. The number of nitro benzene ring substituents is 1. The van der Waals surface area contributed by atoms with Gasteiger partial charge >= 0.3 is 0 Å². The summed E-state index contributed by atoms with van der Waals surface area (Å²) in [7, 11) is 3.21. The number of rotatable bonds is 8. The largest absolute Gasteiger partial charge is 0.493 e. The van der Waals surface area contributed by atoms with E-state index in [0.717, 1.165) is 24.1 Å². The summed E-state index contributed by atoms with van der Waals surface area (Å²) in [6.07, 6.45) is 0.802. The average Bonchev–Trinajstić information content (AvgIpc) is 2.59. The van der Waals surface area contributed by atoms with Crippen LogP contribution in [-0.4, -0.2) is 25.7 Å². The van der Waals surface area contributed by atoms with Crippen LogP contribution >= 0.6 is 24.0 Å². The van der Waals surface area contributed by atoms with Gasteiger partial charge in [0.1, 0.15) is 5.02 Å². The van der Waals surface area contributed by atoms with E-state index in [0.29, 0.717) is 18.0 Å². The molecular formula is C17H20Cl2N2O4. The first-order valence-corrected chi connectivity index (χ1v) is 7.77. The van der Waals surface area contributed by atoms with Crippen LogP contribution in [0, 0.1) is 10.1 Å². The Kier molecular flexibility index (Phi) is 8.48. The van der Waals surface area contributed by atoms with Crippen LogP contribution in [0.4, 0.5) is 5.69 Å². The molecule has 2 aromatic rings. The van der Waals surface area contributed by atoms with Gasteiger partial charge in [-0.05, 0) is 42.3 Å². The van der Waals surface area contributed by atoms with E-state index in [2.05, 4.69) is 5.32 Å². The average molecular weight is 387 g/mol. The highest BCUT2D eigenvalue weighted by atomic mass is 35.5. The molecule has 136 valence electrons. The van der Waals surface area contributed by atoms with Gasteiger partial charge in [-0.1, -0.05) is 23.7 Å². The Balaban J connectivity index is 0.00000312. The maximum absolute atomic E-state index is 10.9. The molecule has 0 aliphatic rings. The van der Waals surface area contributed by atoms with E-state index in [-0.39, 0.29) is 23.1 Å². The van der Waals surface area contributed by atoms with Crippen molar-refractivity contribution < 1.29 is 14.4 Å². The monoisotopic (exact) mass is 386 g/mol. The molecule has 0 bridgehead atoms. The first-order valence-electron chi connectivity index (χ1n) is 7.39. The second kappa shape index (κ2) is 10.1. The van der Waals surface area contributed by atoms with Crippen molar-refractivity contribution in [2.24, 2.45) is 0 Å². The fourth-order valence-electron chi connectivity index (χ4n) is 2.31. The lowest BCUT2D eigenvalue weighted by Crippen LogP contribution is -2.16. The Hall–Kier alpha value is -2.02. The second-order valence-corrected chi connectivity index (χ2v) is 5.57. The molecule has 0 aromatic heterocycles. The molecule has 2 rings (SSSR count). The first kappa shape index (κ1) is 21.0. The van der Waals surface area contributed by atoms with Crippen LogP contribution in [0.3, 0.4) is 0 Å². The van der Waals surface area contributed by atoms with E-state index < -0.39 is 4.92 Å². The Morgan fingerprint density at radius 3 is 2.40 bits per heavy atom. The lowest BCUT2D eigenvalue weighted by atomic mass is 10.1. The van der Waals surface area contributed by atoms with Crippen molar-refractivity contribution in [1.29, 1.82) is 0 Å². The Morgan fingerprint density at radius 1 is 1.08 bits per heavy atom. The van der Waals surface area contributed by atoms with Crippen molar-refractivity contribution in [3.63, 3.8) is 0 Å². The van der Waals surface area contributed by atoms with Gasteiger partial charge in [0.25, 0.3) is 5.69 Å². The number of nitrogens with zero attached hydrogens (tertiary/aromatic N) is 1. The minimum absolute atomic E-state index is 0. The van der Waals surface area contributed by atoms with Crippen molar-refractivity contribution in [3.05, 3.63) is 62.7 Å². The summed E-state index contributed by atoms with van der Waals surface area (Å²) >= 11 is 5.80. The molecule has 0 saturated carbocycles. The van der Waals surface area contributed by atoms with Crippen LogP contribution in [0.5, 0.6) is 11.5 Å². The van der Waals surface area contributed by atoms with Crippen LogP contribution in [-0.2, 0) is 13.0 Å². The molecule has 0 aliphatic carbocycles. The van der Waals surface area contributed by atoms with Crippen molar-refractivity contribution in [2.75, 3.05) is 20.8 Å². The number of nitrogens with one attached hydrogen (secondary N) is 1. The number of methoxy groups -OCH3 is 2. The SMILES string of the molecule is COc1ccc(CCNCc2ccc(Cl)c([N+](=O)[O-])c2)cc1OC.Cl. The molecule has 0 saturated heterocycles. The Labute approximate surface area is 157 Å². The van der Waals surface area contributed by atoms with E-state index in [1.807, 2.05) is 18.2 Å². The molecule has 0 atom stereocenters. The zero-order chi connectivity index (χ0) is 17.5. The number of halogens is 2. The normalized spacial score (nSPS) is 10.0. The third-order valence-electron chi connectivity index (χ3n) is 3.57. The molecule has 0 radical (unpaired) electrons. The molecule has 1 N–H and O–H groups in total. The number of ether oxygens (including phenoxy) is 2. The summed E-state index contributed by atoms with van der Waals surface area (Å²) in [6.45, 7) is 1.26. The number of hydrogen-bond acceptors (Lipinski definition) is 5. The standard InChI is InChI=1S/C17H19ClN2O4.ClH/c1-23-16-6-4-12(10-17(16)24-2)7-8-19-11-13-3-5-14(18)15(9-13)20(21)22;/h3-6,9-10,19H,7-8,11H2,1-2H3;1H. The van der Waals surface area contributed by atoms with Crippen LogP contribution in [0.15, 0.2) is 36.4 Å². The van der Waals surface area contributed by atoms with Gasteiger partial charge in [0.05, 0.1) is 19.1 Å². The molecule has 0 aliphatic heterocycles. The van der Waals surface area contributed by atoms with Gasteiger partial charge in [-0.2, -0.15) is 0 Å². The minimum Gasteiger partial charge on any atom is -0.493 e. The molecule has 0 fully saturated rings. The summed E-state index contributed by atoms with van der Waals surface area (Å²) in [5.74, 6) is 1.39. The van der Waals surface area contributed by atoms with E-state index >= 15 is 0 Å². The molecule has 2 aromatic carbocycles. The van der Waals surface area contributed by atoms with Crippen molar-refractivity contribution in [2.45, 2.75) is 13.0 Å². The van der Waals surface area contributed by atoms with Gasteiger partial charge in [0.15, 0.2) is 11.5 Å². The summed E-state index contributed by atoms with van der Waals surface area (Å²) < 4.78 is 10.5. The molecule has 0 amide bonds. The second-order valence-electron chi connectivity index (χ2n) is 5.16. The van der Waals surface area contributed by atoms with Crippen molar-refractivity contribution in [1.82, 2.24) is 5.32 Å². The fraction of sp³-hybridized carbons (Fsp3) is 0.294. The van der Waals surface area contributed by atoms with Crippen LogP contribution in [0.25, 0.3) is 0 Å². The van der Waals surface area contributed by atoms with Gasteiger partial charge in [0, 0.05) is 12.6 Å². The third kappa shape index (κ3) is 5.77. The molecule has 0 spiro atoms. The number of benzene rings is 2. The van der Waals surface area contributed by atoms with E-state index in [1.165, 1.54) is 6.07 Å². The third-order valence-corrected chi connectivity index (χ3v) is 3.89. The van der Waals surface area contributed by atoms with Crippen molar-refractivity contribution in [3.8, 4) is 11.5 Å². The zero-order valence-electron chi connectivity index (χ0n) is 14.0. The minimum atomic E-state index is -0.477. The van der Waals surface area contributed by atoms with Gasteiger partial charge < -0.3 is 14.8 Å². The van der Waals surface area contributed by atoms with Gasteiger partial charge in [-0.3, -0.25) is 10.1 Å². The molecule has 0 heterocycles. The topological polar surface area (TPSA) is 73.6 Å². The lowest BCUT2D eigenvalue weighted by Gasteiger charge is -2.10. The predicted octanol–water partition coefficient (Wildman–Crippen LogP) is 4.02. The van der Waals surface area contributed by atoms with Crippen LogP contribution < -0.4 is 14.8 Å². The molecular weight excluding hydrogens is 367 g/mol. The highest BCUT2D eigenvalue weighted by molar-refractivity contribution is 6.32. The van der Waals surface area contributed by atoms with Crippen LogP contribution in [0.2, 0.25) is 5.02 Å². The van der Waals surface area contributed by atoms with Crippen molar-refractivity contribution >= 4 is 29.7 Å². The molecule has 0 unspecified atom stereocenters. The smallest absolute Gasteiger partial charge is 0.288 e. The summed E-state index contributed by atoms with van der Waals surface area (Å²) in [4.78, 5) is 10.4. The Morgan fingerprint density at radius 2 is 1.76 bits per heavy atom. The number of nitro groups is 1. The maximum Gasteiger partial charge on any atom is 0.288 e. The molecule has 25 heavy (non-hydrogen) atoms. The van der Waals surface area contributed by atoms with Crippen LogP contribution in [0.1, 0.15) is 11.1 Å². The van der Waals surface area contributed by atoms with Gasteiger partial charge in [0.2, 0.25) is 0 Å².